The van der Waals surface area contributed by atoms with Crippen LogP contribution in [0.5, 0.6) is 0 Å². The van der Waals surface area contributed by atoms with Crippen LogP contribution >= 0.6 is 0 Å². The number of hydrogen-bond donors (Lipinski definition) is 3. The first-order chi connectivity index (χ1) is 11.8. The number of rotatable bonds is 5. The van der Waals surface area contributed by atoms with E-state index in [1.165, 1.54) is 0 Å². The molecule has 0 atom stereocenters. The minimum absolute atomic E-state index is 0.194. The summed E-state index contributed by atoms with van der Waals surface area (Å²) in [7, 11) is 0. The van der Waals surface area contributed by atoms with Crippen molar-refractivity contribution in [3.8, 4) is 0 Å². The molecule has 1 aromatic carbocycles. The summed E-state index contributed by atoms with van der Waals surface area (Å²) >= 11 is 0. The minimum Gasteiger partial charge on any atom is -0.322 e. The molecule has 120 valence electrons. The SMILES string of the molecule is O=C(Nc1ccccc1)c1ccnc(Nc2n[nH]c(C3CC3)n2)c1. The number of carbonyl (C=O) groups is 1. The van der Waals surface area contributed by atoms with Crippen LogP contribution in [-0.2, 0) is 0 Å². The molecule has 0 saturated heterocycles. The normalized spacial score (nSPS) is 13.5. The molecule has 1 aliphatic rings. The Morgan fingerprint density at radius 2 is 2.00 bits per heavy atom. The molecule has 4 rings (SSSR count). The van der Waals surface area contributed by atoms with Crippen LogP contribution in [0.2, 0.25) is 0 Å². The fourth-order valence-electron chi connectivity index (χ4n) is 2.35. The second-order valence-corrected chi connectivity index (χ2v) is 5.69. The molecule has 0 aliphatic heterocycles. The number of benzene rings is 1. The maximum atomic E-state index is 12.3. The number of anilines is 3. The molecule has 2 heterocycles. The first kappa shape index (κ1) is 14.4. The molecule has 2 aromatic heterocycles. The molecule has 1 saturated carbocycles. The van der Waals surface area contributed by atoms with Crippen molar-refractivity contribution in [3.05, 3.63) is 60.0 Å². The molecule has 0 radical (unpaired) electrons. The van der Waals surface area contributed by atoms with Crippen molar-refractivity contribution in [2.75, 3.05) is 10.6 Å². The molecule has 3 aromatic rings. The first-order valence-electron chi connectivity index (χ1n) is 7.80. The monoisotopic (exact) mass is 320 g/mol. The van der Waals surface area contributed by atoms with E-state index in [1.807, 2.05) is 30.3 Å². The van der Waals surface area contributed by atoms with Gasteiger partial charge in [0, 0.05) is 23.4 Å². The van der Waals surface area contributed by atoms with E-state index in [9.17, 15) is 4.79 Å². The Kier molecular flexibility index (Phi) is 3.66. The predicted octanol–water partition coefficient (Wildman–Crippen LogP) is 3.07. The molecule has 0 bridgehead atoms. The summed E-state index contributed by atoms with van der Waals surface area (Å²) < 4.78 is 0. The number of aromatic nitrogens is 4. The molecule has 7 nitrogen and oxygen atoms in total. The van der Waals surface area contributed by atoms with Gasteiger partial charge in [0.1, 0.15) is 11.6 Å². The maximum absolute atomic E-state index is 12.3. The molecule has 0 spiro atoms. The van der Waals surface area contributed by atoms with Gasteiger partial charge in [-0.1, -0.05) is 18.2 Å². The van der Waals surface area contributed by atoms with Gasteiger partial charge in [0.05, 0.1) is 0 Å². The Balaban J connectivity index is 1.47. The zero-order valence-corrected chi connectivity index (χ0v) is 12.9. The van der Waals surface area contributed by atoms with Crippen LogP contribution in [0.1, 0.15) is 34.9 Å². The van der Waals surface area contributed by atoms with E-state index in [-0.39, 0.29) is 5.91 Å². The molecular weight excluding hydrogens is 304 g/mol. The number of H-pyrrole nitrogens is 1. The van der Waals surface area contributed by atoms with E-state index in [1.54, 1.807) is 18.3 Å². The van der Waals surface area contributed by atoms with Gasteiger partial charge in [-0.15, -0.1) is 5.10 Å². The quantitative estimate of drug-likeness (QED) is 0.671. The predicted molar refractivity (Wildman–Crippen MR) is 90.3 cm³/mol. The van der Waals surface area contributed by atoms with Gasteiger partial charge in [-0.3, -0.25) is 9.89 Å². The topological polar surface area (TPSA) is 95.6 Å². The Hall–Kier alpha value is -3.22. The van der Waals surface area contributed by atoms with Crippen molar-refractivity contribution in [2.24, 2.45) is 0 Å². The van der Waals surface area contributed by atoms with Gasteiger partial charge in [-0.2, -0.15) is 4.98 Å². The van der Waals surface area contributed by atoms with Crippen molar-refractivity contribution >= 4 is 23.4 Å². The summed E-state index contributed by atoms with van der Waals surface area (Å²) in [5, 5.41) is 12.9. The molecule has 1 fully saturated rings. The number of hydrogen-bond acceptors (Lipinski definition) is 5. The maximum Gasteiger partial charge on any atom is 0.255 e. The summed E-state index contributed by atoms with van der Waals surface area (Å²) in [5.74, 6) is 2.20. The van der Waals surface area contributed by atoms with E-state index in [4.69, 9.17) is 0 Å². The summed E-state index contributed by atoms with van der Waals surface area (Å²) in [6.07, 6.45) is 3.89. The number of pyridine rings is 1. The van der Waals surface area contributed by atoms with Crippen LogP contribution in [0.4, 0.5) is 17.5 Å². The molecule has 7 heteroatoms. The molecule has 0 unspecified atom stereocenters. The first-order valence-corrected chi connectivity index (χ1v) is 7.80. The molecular formula is C17H16N6O. The van der Waals surface area contributed by atoms with E-state index in [0.29, 0.717) is 23.2 Å². The number of nitrogens with zero attached hydrogens (tertiary/aromatic N) is 3. The zero-order chi connectivity index (χ0) is 16.4. The van der Waals surface area contributed by atoms with E-state index >= 15 is 0 Å². The average molecular weight is 320 g/mol. The molecule has 24 heavy (non-hydrogen) atoms. The van der Waals surface area contributed by atoms with Crippen LogP contribution in [-0.4, -0.2) is 26.1 Å². The van der Waals surface area contributed by atoms with Gasteiger partial charge in [0.2, 0.25) is 5.95 Å². The van der Waals surface area contributed by atoms with Gasteiger partial charge >= 0.3 is 0 Å². The third-order valence-corrected chi connectivity index (χ3v) is 3.76. The molecule has 3 N–H and O–H groups in total. The number of carbonyl (C=O) groups excluding carboxylic acids is 1. The summed E-state index contributed by atoms with van der Waals surface area (Å²) in [6.45, 7) is 0. The highest BCUT2D eigenvalue weighted by molar-refractivity contribution is 6.04. The minimum atomic E-state index is -0.194. The summed E-state index contributed by atoms with van der Waals surface area (Å²) in [4.78, 5) is 20.9. The Labute approximate surface area is 138 Å². The summed E-state index contributed by atoms with van der Waals surface area (Å²) in [5.41, 5.74) is 1.26. The highest BCUT2D eigenvalue weighted by atomic mass is 16.1. The number of aromatic amines is 1. The smallest absolute Gasteiger partial charge is 0.255 e. The lowest BCUT2D eigenvalue weighted by Gasteiger charge is -2.06. The van der Waals surface area contributed by atoms with Crippen molar-refractivity contribution < 1.29 is 4.79 Å². The highest BCUT2D eigenvalue weighted by Gasteiger charge is 2.27. The Bertz CT molecular complexity index is 856. The molecule has 1 aliphatic carbocycles. The van der Waals surface area contributed by atoms with Crippen LogP contribution in [0.3, 0.4) is 0 Å². The van der Waals surface area contributed by atoms with Gasteiger partial charge < -0.3 is 10.6 Å². The second kappa shape index (κ2) is 6.11. The average Bonchev–Trinajstić information content (AvgIpc) is 3.36. The van der Waals surface area contributed by atoms with Crippen LogP contribution < -0.4 is 10.6 Å². The third-order valence-electron chi connectivity index (χ3n) is 3.76. The van der Waals surface area contributed by atoms with E-state index in [0.717, 1.165) is 24.4 Å². The lowest BCUT2D eigenvalue weighted by molar-refractivity contribution is 0.102. The fraction of sp³-hybridized carbons (Fsp3) is 0.176. The van der Waals surface area contributed by atoms with Crippen molar-refractivity contribution in [1.29, 1.82) is 0 Å². The standard InChI is InChI=1S/C17H16N6O/c24-16(19-13-4-2-1-3-5-13)12-8-9-18-14(10-12)20-17-21-15(22-23-17)11-6-7-11/h1-5,8-11H,6-7H2,(H,19,24)(H2,18,20,21,22,23). The van der Waals surface area contributed by atoms with Gasteiger partial charge in [0.15, 0.2) is 0 Å². The van der Waals surface area contributed by atoms with Crippen molar-refractivity contribution in [2.45, 2.75) is 18.8 Å². The third kappa shape index (κ3) is 3.24. The van der Waals surface area contributed by atoms with Gasteiger partial charge in [0.25, 0.3) is 5.91 Å². The van der Waals surface area contributed by atoms with Crippen LogP contribution in [0, 0.1) is 0 Å². The zero-order valence-electron chi connectivity index (χ0n) is 12.9. The van der Waals surface area contributed by atoms with Crippen LogP contribution in [0.15, 0.2) is 48.7 Å². The van der Waals surface area contributed by atoms with Crippen molar-refractivity contribution in [3.63, 3.8) is 0 Å². The van der Waals surface area contributed by atoms with E-state index in [2.05, 4.69) is 30.8 Å². The van der Waals surface area contributed by atoms with Crippen molar-refractivity contribution in [1.82, 2.24) is 20.2 Å². The second-order valence-electron chi connectivity index (χ2n) is 5.69. The fourth-order valence-corrected chi connectivity index (χ4v) is 2.35. The van der Waals surface area contributed by atoms with Crippen LogP contribution in [0.25, 0.3) is 0 Å². The molecule has 1 amide bonds. The Morgan fingerprint density at radius 1 is 1.17 bits per heavy atom. The van der Waals surface area contributed by atoms with Gasteiger partial charge in [-0.05, 0) is 37.1 Å². The Morgan fingerprint density at radius 3 is 2.79 bits per heavy atom. The largest absolute Gasteiger partial charge is 0.322 e. The lowest BCUT2D eigenvalue weighted by atomic mass is 10.2. The van der Waals surface area contributed by atoms with E-state index < -0.39 is 0 Å². The number of amides is 1. The highest BCUT2D eigenvalue weighted by Crippen LogP contribution is 2.38. The summed E-state index contributed by atoms with van der Waals surface area (Å²) in [6, 6.07) is 12.7. The number of para-hydroxylation sites is 1. The number of nitrogens with one attached hydrogen (secondary N) is 3. The van der Waals surface area contributed by atoms with Gasteiger partial charge in [-0.25, -0.2) is 4.98 Å². The lowest BCUT2D eigenvalue weighted by Crippen LogP contribution is -2.12.